The number of aliphatic hydroxyl groups is 1. The number of hydrogen-bond donors (Lipinski definition) is 3. The molecule has 0 aromatic rings. The lowest BCUT2D eigenvalue weighted by molar-refractivity contribution is -0.148. The number of carbonyl (C=O) groups excluding carboxylic acids is 1. The average molecular weight is 216 g/mol. The van der Waals surface area contributed by atoms with Crippen LogP contribution < -0.4 is 5.73 Å². The molecular formula is C9H16N2O4. The van der Waals surface area contributed by atoms with Gasteiger partial charge in [0.25, 0.3) is 0 Å². The molecule has 0 unspecified atom stereocenters. The lowest BCUT2D eigenvalue weighted by Crippen LogP contribution is -2.48. The molecule has 1 aliphatic rings. The van der Waals surface area contributed by atoms with E-state index in [-0.39, 0.29) is 13.0 Å². The molecule has 0 aromatic carbocycles. The minimum Gasteiger partial charge on any atom is -0.480 e. The highest BCUT2D eigenvalue weighted by Crippen LogP contribution is 2.19. The van der Waals surface area contributed by atoms with Crippen molar-refractivity contribution in [3.8, 4) is 0 Å². The van der Waals surface area contributed by atoms with Gasteiger partial charge in [0.05, 0.1) is 12.1 Å². The quantitative estimate of drug-likeness (QED) is 0.548. The van der Waals surface area contributed by atoms with Gasteiger partial charge in [0, 0.05) is 13.0 Å². The van der Waals surface area contributed by atoms with Crippen molar-refractivity contribution in [2.24, 2.45) is 5.73 Å². The standard InChI is InChI=1S/C9H16N2O4/c1-2-6(10)8(13)11-4-5(12)3-7(11)9(14)15/h5-7,12H,2-4,10H2,1H3,(H,14,15)/t5-,6-,7-/m0/s1. The molecule has 1 aliphatic heterocycles. The Kier molecular flexibility index (Phi) is 3.65. The molecule has 0 bridgehead atoms. The highest BCUT2D eigenvalue weighted by atomic mass is 16.4. The Balaban J connectivity index is 2.75. The normalized spacial score (nSPS) is 27.8. The summed E-state index contributed by atoms with van der Waals surface area (Å²) in [5.41, 5.74) is 5.54. The molecule has 1 amide bonds. The Morgan fingerprint density at radius 2 is 2.20 bits per heavy atom. The van der Waals surface area contributed by atoms with Gasteiger partial charge in [-0.3, -0.25) is 4.79 Å². The van der Waals surface area contributed by atoms with Crippen molar-refractivity contribution in [1.82, 2.24) is 4.90 Å². The number of likely N-dealkylation sites (tertiary alicyclic amines) is 1. The van der Waals surface area contributed by atoms with Crippen LogP contribution in [-0.2, 0) is 9.59 Å². The first-order valence-electron chi connectivity index (χ1n) is 4.94. The predicted octanol–water partition coefficient (Wildman–Crippen LogP) is -1.23. The lowest BCUT2D eigenvalue weighted by Gasteiger charge is -2.23. The number of carboxylic acid groups (broad SMARTS) is 1. The van der Waals surface area contributed by atoms with Crippen molar-refractivity contribution in [3.63, 3.8) is 0 Å². The number of β-amino-alcohol motifs (C(OH)–C–C–N with tert-alkyl or cyclic N) is 1. The van der Waals surface area contributed by atoms with Crippen molar-refractivity contribution in [3.05, 3.63) is 0 Å². The number of nitrogens with two attached hydrogens (primary N) is 1. The molecule has 0 aliphatic carbocycles. The summed E-state index contributed by atoms with van der Waals surface area (Å²) in [6.45, 7) is 1.81. The Morgan fingerprint density at radius 1 is 1.60 bits per heavy atom. The third kappa shape index (κ3) is 2.45. The molecule has 1 saturated heterocycles. The van der Waals surface area contributed by atoms with Crippen molar-refractivity contribution < 1.29 is 19.8 Å². The number of hydrogen-bond acceptors (Lipinski definition) is 4. The highest BCUT2D eigenvalue weighted by Gasteiger charge is 2.39. The molecule has 4 N–H and O–H groups in total. The van der Waals surface area contributed by atoms with Gasteiger partial charge in [-0.2, -0.15) is 0 Å². The molecule has 15 heavy (non-hydrogen) atoms. The van der Waals surface area contributed by atoms with Crippen LogP contribution in [0.5, 0.6) is 0 Å². The zero-order valence-electron chi connectivity index (χ0n) is 8.59. The maximum absolute atomic E-state index is 11.7. The second-order valence-corrected chi connectivity index (χ2v) is 3.75. The SMILES string of the molecule is CC[C@H](N)C(=O)N1C[C@@H](O)C[C@H]1C(=O)O. The molecule has 3 atom stereocenters. The lowest BCUT2D eigenvalue weighted by atomic mass is 10.1. The fourth-order valence-corrected chi connectivity index (χ4v) is 1.68. The maximum atomic E-state index is 11.7. The zero-order chi connectivity index (χ0) is 11.6. The number of aliphatic carboxylic acids is 1. The average Bonchev–Trinajstić information content (AvgIpc) is 2.58. The topological polar surface area (TPSA) is 104 Å². The van der Waals surface area contributed by atoms with Crippen LogP contribution in [-0.4, -0.2) is 51.7 Å². The zero-order valence-corrected chi connectivity index (χ0v) is 8.59. The summed E-state index contributed by atoms with van der Waals surface area (Å²) in [6, 6.07) is -1.62. The third-order valence-corrected chi connectivity index (χ3v) is 2.60. The van der Waals surface area contributed by atoms with Crippen LogP contribution in [0, 0.1) is 0 Å². The van der Waals surface area contributed by atoms with E-state index in [0.29, 0.717) is 6.42 Å². The van der Waals surface area contributed by atoms with Crippen molar-refractivity contribution in [1.29, 1.82) is 0 Å². The Morgan fingerprint density at radius 3 is 2.67 bits per heavy atom. The minimum absolute atomic E-state index is 0.0590. The molecule has 1 heterocycles. The third-order valence-electron chi connectivity index (χ3n) is 2.60. The van der Waals surface area contributed by atoms with Gasteiger partial charge >= 0.3 is 5.97 Å². The van der Waals surface area contributed by atoms with E-state index in [0.717, 1.165) is 4.90 Å². The molecule has 0 aromatic heterocycles. The van der Waals surface area contributed by atoms with E-state index < -0.39 is 30.1 Å². The van der Waals surface area contributed by atoms with Crippen molar-refractivity contribution >= 4 is 11.9 Å². The molecule has 0 spiro atoms. The van der Waals surface area contributed by atoms with E-state index in [1.165, 1.54) is 0 Å². The Hall–Kier alpha value is -1.14. The smallest absolute Gasteiger partial charge is 0.326 e. The van der Waals surface area contributed by atoms with E-state index in [1.54, 1.807) is 6.92 Å². The number of amides is 1. The van der Waals surface area contributed by atoms with Crippen LogP contribution in [0.4, 0.5) is 0 Å². The summed E-state index contributed by atoms with van der Waals surface area (Å²) in [7, 11) is 0. The van der Waals surface area contributed by atoms with Gasteiger partial charge in [-0.15, -0.1) is 0 Å². The number of aliphatic hydroxyl groups excluding tert-OH is 1. The van der Waals surface area contributed by atoms with E-state index in [2.05, 4.69) is 0 Å². The van der Waals surface area contributed by atoms with Crippen LogP contribution in [0.25, 0.3) is 0 Å². The number of carboxylic acids is 1. The summed E-state index contributed by atoms with van der Waals surface area (Å²) in [5, 5.41) is 18.2. The fourth-order valence-electron chi connectivity index (χ4n) is 1.68. The van der Waals surface area contributed by atoms with Crippen LogP contribution in [0.3, 0.4) is 0 Å². The van der Waals surface area contributed by atoms with Gasteiger partial charge in [-0.1, -0.05) is 6.92 Å². The molecule has 86 valence electrons. The number of nitrogens with zero attached hydrogens (tertiary/aromatic N) is 1. The van der Waals surface area contributed by atoms with E-state index in [1.807, 2.05) is 0 Å². The number of rotatable bonds is 3. The first-order valence-corrected chi connectivity index (χ1v) is 4.94. The van der Waals surface area contributed by atoms with Gasteiger partial charge in [0.15, 0.2) is 0 Å². The first kappa shape index (κ1) is 11.9. The van der Waals surface area contributed by atoms with E-state index >= 15 is 0 Å². The van der Waals surface area contributed by atoms with E-state index in [9.17, 15) is 14.7 Å². The minimum atomic E-state index is -1.09. The summed E-state index contributed by atoms with van der Waals surface area (Å²) in [4.78, 5) is 23.6. The number of carbonyl (C=O) groups is 2. The highest BCUT2D eigenvalue weighted by molar-refractivity contribution is 5.87. The molecular weight excluding hydrogens is 200 g/mol. The van der Waals surface area contributed by atoms with Gasteiger partial charge in [0.1, 0.15) is 6.04 Å². The molecule has 0 saturated carbocycles. The van der Waals surface area contributed by atoms with Gasteiger partial charge < -0.3 is 20.8 Å². The van der Waals surface area contributed by atoms with Crippen LogP contribution in [0.1, 0.15) is 19.8 Å². The first-order chi connectivity index (χ1) is 6.97. The summed E-state index contributed by atoms with van der Waals surface area (Å²) >= 11 is 0. The summed E-state index contributed by atoms with van der Waals surface area (Å²) in [6.07, 6.45) is -0.228. The van der Waals surface area contributed by atoms with Crippen LogP contribution >= 0.6 is 0 Å². The Labute approximate surface area is 87.7 Å². The molecule has 6 heteroatoms. The van der Waals surface area contributed by atoms with Crippen molar-refractivity contribution in [2.75, 3.05) is 6.54 Å². The summed E-state index contributed by atoms with van der Waals surface area (Å²) in [5.74, 6) is -1.50. The Bertz CT molecular complexity index is 269. The predicted molar refractivity (Wildman–Crippen MR) is 52.0 cm³/mol. The van der Waals surface area contributed by atoms with Crippen LogP contribution in [0.15, 0.2) is 0 Å². The summed E-state index contributed by atoms with van der Waals surface area (Å²) < 4.78 is 0. The second kappa shape index (κ2) is 4.59. The van der Waals surface area contributed by atoms with Gasteiger partial charge in [-0.25, -0.2) is 4.79 Å². The van der Waals surface area contributed by atoms with E-state index in [4.69, 9.17) is 10.8 Å². The van der Waals surface area contributed by atoms with Gasteiger partial charge in [0.2, 0.25) is 5.91 Å². The van der Waals surface area contributed by atoms with Gasteiger partial charge in [-0.05, 0) is 6.42 Å². The maximum Gasteiger partial charge on any atom is 0.326 e. The fraction of sp³-hybridized carbons (Fsp3) is 0.778. The van der Waals surface area contributed by atoms with Crippen molar-refractivity contribution in [2.45, 2.75) is 38.0 Å². The second-order valence-electron chi connectivity index (χ2n) is 3.75. The monoisotopic (exact) mass is 216 g/mol. The molecule has 1 rings (SSSR count). The van der Waals surface area contributed by atoms with Crippen LogP contribution in [0.2, 0.25) is 0 Å². The molecule has 6 nitrogen and oxygen atoms in total. The largest absolute Gasteiger partial charge is 0.480 e. The molecule has 0 radical (unpaired) electrons. The molecule has 1 fully saturated rings.